The van der Waals surface area contributed by atoms with Gasteiger partial charge in [0.05, 0.1) is 19.7 Å². The number of benzene rings is 1. The average molecular weight is 541 g/mol. The molecule has 2 aromatic rings. The van der Waals surface area contributed by atoms with Gasteiger partial charge in [0.15, 0.2) is 0 Å². The molecule has 0 saturated heterocycles. The number of carbonyl (C=O) groups is 2. The van der Waals surface area contributed by atoms with Gasteiger partial charge in [-0.15, -0.1) is 0 Å². The second kappa shape index (κ2) is 12.2. The number of aryl methyl sites for hydroxylation is 1. The van der Waals surface area contributed by atoms with E-state index < -0.39 is 35.8 Å². The molecule has 1 aromatic heterocycles. The van der Waals surface area contributed by atoms with E-state index in [4.69, 9.17) is 4.79 Å². The fourth-order valence-electron chi connectivity index (χ4n) is 4.32. The predicted octanol–water partition coefficient (Wildman–Crippen LogP) is 5.44. The molecule has 206 valence electrons. The molecule has 0 saturated carbocycles. The van der Waals surface area contributed by atoms with E-state index in [-0.39, 0.29) is 37.3 Å². The second-order valence-corrected chi connectivity index (χ2v) is 8.95. The molecule has 2 aliphatic rings. The van der Waals surface area contributed by atoms with Gasteiger partial charge in [0.2, 0.25) is 0 Å². The van der Waals surface area contributed by atoms with Crippen molar-refractivity contribution in [3.05, 3.63) is 69.9 Å². The predicted molar refractivity (Wildman–Crippen MR) is 131 cm³/mol. The lowest BCUT2D eigenvalue weighted by atomic mass is 9.98. The first-order valence-electron chi connectivity index (χ1n) is 11.9. The number of methoxy groups -OCH3 is 1. The summed E-state index contributed by atoms with van der Waals surface area (Å²) in [5.41, 5.74) is 0.824. The first-order chi connectivity index (χ1) is 18.0. The Morgan fingerprint density at radius 2 is 1.87 bits per heavy atom. The van der Waals surface area contributed by atoms with Crippen molar-refractivity contribution in [2.45, 2.75) is 51.9 Å². The monoisotopic (exact) mass is 540 g/mol. The molecule has 1 amide bonds. The van der Waals surface area contributed by atoms with Crippen LogP contribution in [0.1, 0.15) is 59.4 Å². The Bertz CT molecular complexity index is 1200. The van der Waals surface area contributed by atoms with Gasteiger partial charge in [-0.25, -0.2) is 13.5 Å². The number of halogens is 5. The molecule has 1 aliphatic carbocycles. The van der Waals surface area contributed by atoms with Crippen LogP contribution in [0.2, 0.25) is 0 Å². The van der Waals surface area contributed by atoms with Crippen molar-refractivity contribution in [3.8, 4) is 0 Å². The lowest BCUT2D eigenvalue weighted by Crippen LogP contribution is -2.31. The highest BCUT2D eigenvalue weighted by Crippen LogP contribution is 2.36. The molecule has 12 heteroatoms. The summed E-state index contributed by atoms with van der Waals surface area (Å²) in [4.78, 5) is 23.8. The largest absolute Gasteiger partial charge is 0.471 e. The van der Waals surface area contributed by atoms with Crippen molar-refractivity contribution in [2.75, 3.05) is 25.1 Å². The summed E-state index contributed by atoms with van der Waals surface area (Å²) in [6, 6.07) is 7.04. The minimum atomic E-state index is -4.41. The van der Waals surface area contributed by atoms with Crippen LogP contribution in [-0.2, 0) is 16.1 Å². The summed E-state index contributed by atoms with van der Waals surface area (Å²) in [5.74, 6) is -0.488. The fraction of sp³-hybridized carbons (Fsp3) is 0.423. The zero-order valence-corrected chi connectivity index (χ0v) is 21.2. The molecule has 1 unspecified atom stereocenters. The summed E-state index contributed by atoms with van der Waals surface area (Å²) < 4.78 is 72.2. The van der Waals surface area contributed by atoms with Crippen molar-refractivity contribution in [3.63, 3.8) is 0 Å². The number of alkyl halides is 5. The maximum Gasteiger partial charge on any atom is 0.412 e. The molecule has 2 heterocycles. The van der Waals surface area contributed by atoms with Crippen molar-refractivity contribution >= 4 is 18.2 Å². The van der Waals surface area contributed by atoms with Crippen LogP contribution in [0.15, 0.2) is 47.6 Å². The maximum absolute atomic E-state index is 13.8. The molecule has 0 spiro atoms. The lowest BCUT2D eigenvalue weighted by molar-refractivity contribution is -0.126. The van der Waals surface area contributed by atoms with E-state index in [0.717, 1.165) is 17.2 Å². The van der Waals surface area contributed by atoms with Gasteiger partial charge in [-0.05, 0) is 43.9 Å². The summed E-state index contributed by atoms with van der Waals surface area (Å²) in [6.45, 7) is 4.75. The smallest absolute Gasteiger partial charge is 0.412 e. The van der Waals surface area contributed by atoms with Gasteiger partial charge in [-0.1, -0.05) is 35.9 Å². The van der Waals surface area contributed by atoms with Gasteiger partial charge in [-0.3, -0.25) is 9.59 Å². The number of fused-ring (bicyclic) bond motifs is 1. The second-order valence-electron chi connectivity index (χ2n) is 8.95. The minimum Gasteiger partial charge on any atom is -0.471 e. The van der Waals surface area contributed by atoms with E-state index in [2.05, 4.69) is 15.2 Å². The average Bonchev–Trinajstić information content (AvgIpc) is 3.44. The molecule has 1 N–H and O–H groups in total. The quantitative estimate of drug-likeness (QED) is 0.374. The Kier molecular flexibility index (Phi) is 9.29. The van der Waals surface area contributed by atoms with E-state index in [1.54, 1.807) is 17.9 Å². The van der Waals surface area contributed by atoms with E-state index in [9.17, 15) is 26.7 Å². The summed E-state index contributed by atoms with van der Waals surface area (Å²) in [5, 5.41) is 6.72. The number of carbonyl (C=O) groups excluding carboxylic acids is 2. The van der Waals surface area contributed by atoms with E-state index >= 15 is 0 Å². The number of hydrogen-bond donors (Lipinski definition) is 1. The van der Waals surface area contributed by atoms with Crippen molar-refractivity contribution in [1.29, 1.82) is 0 Å². The van der Waals surface area contributed by atoms with Gasteiger partial charge >= 0.3 is 6.18 Å². The standard InChI is InChI=1S/C24H25F5N4O.C2H4O2/c1-14-6-8-17(9-7-14)15(2)30-22(34)19-20(21(25)26)31-33-11-10-32(23(19)33)13-16-4-3-5-18(12-16)24(27,28)29;1-4-2-3/h4,6-9,12,15,21H,3,5,10-11,13H2,1-2H3,(H,30,34);2H,1H3. The molecular formula is C26H29F5N4O3. The third-order valence-corrected chi connectivity index (χ3v) is 6.21. The van der Waals surface area contributed by atoms with Crippen LogP contribution < -0.4 is 10.2 Å². The van der Waals surface area contributed by atoms with Gasteiger partial charge in [0, 0.05) is 18.7 Å². The third-order valence-electron chi connectivity index (χ3n) is 6.21. The van der Waals surface area contributed by atoms with Crippen LogP contribution in [-0.4, -0.2) is 48.5 Å². The van der Waals surface area contributed by atoms with Gasteiger partial charge in [0.25, 0.3) is 18.8 Å². The highest BCUT2D eigenvalue weighted by Gasteiger charge is 2.37. The number of nitrogens with zero attached hydrogens (tertiary/aromatic N) is 3. The number of rotatable bonds is 7. The van der Waals surface area contributed by atoms with Crippen LogP contribution in [0.25, 0.3) is 0 Å². The molecule has 38 heavy (non-hydrogen) atoms. The summed E-state index contributed by atoms with van der Waals surface area (Å²) in [6.07, 6.45) is -4.41. The topological polar surface area (TPSA) is 76.5 Å². The highest BCUT2D eigenvalue weighted by atomic mass is 19.4. The Labute approximate surface area is 216 Å². The molecule has 4 rings (SSSR count). The fourth-order valence-corrected chi connectivity index (χ4v) is 4.32. The Balaban J connectivity index is 0.000000934. The number of allylic oxidation sites excluding steroid dienone is 2. The molecular weight excluding hydrogens is 511 g/mol. The van der Waals surface area contributed by atoms with E-state index in [1.165, 1.54) is 11.8 Å². The highest BCUT2D eigenvalue weighted by molar-refractivity contribution is 6.01. The lowest BCUT2D eigenvalue weighted by Gasteiger charge is -2.23. The number of nitrogens with one attached hydrogen (secondary N) is 1. The number of amides is 1. The van der Waals surface area contributed by atoms with E-state index in [0.29, 0.717) is 18.6 Å². The number of aromatic nitrogens is 2. The Hall–Kier alpha value is -3.70. The van der Waals surface area contributed by atoms with E-state index in [1.807, 2.05) is 31.2 Å². The number of hydrogen-bond acceptors (Lipinski definition) is 5. The molecule has 1 aliphatic heterocycles. The van der Waals surface area contributed by atoms with Crippen LogP contribution in [0, 0.1) is 6.92 Å². The SMILES string of the molecule is COC=O.Cc1ccc(C(C)NC(=O)c2c(C(F)F)nn3c2N(CC2=CCCC(C(F)(F)F)=C2)CC3)cc1. The zero-order valence-electron chi connectivity index (χ0n) is 21.2. The summed E-state index contributed by atoms with van der Waals surface area (Å²) >= 11 is 0. The molecule has 0 bridgehead atoms. The van der Waals surface area contributed by atoms with Crippen molar-refractivity contribution in [1.82, 2.24) is 15.1 Å². The zero-order chi connectivity index (χ0) is 28.0. The van der Waals surface area contributed by atoms with Crippen molar-refractivity contribution in [2.24, 2.45) is 0 Å². The van der Waals surface area contributed by atoms with Crippen molar-refractivity contribution < 1.29 is 36.3 Å². The summed E-state index contributed by atoms with van der Waals surface area (Å²) in [7, 11) is 1.31. The first-order valence-corrected chi connectivity index (χ1v) is 11.9. The van der Waals surface area contributed by atoms with Gasteiger partial charge in [-0.2, -0.15) is 18.3 Å². The van der Waals surface area contributed by atoms with Crippen LogP contribution >= 0.6 is 0 Å². The third kappa shape index (κ3) is 6.78. The number of anilines is 1. The first kappa shape index (κ1) is 28.9. The Morgan fingerprint density at radius 1 is 1.21 bits per heavy atom. The maximum atomic E-state index is 13.8. The molecule has 1 aromatic carbocycles. The van der Waals surface area contributed by atoms with Crippen LogP contribution in [0.4, 0.5) is 27.8 Å². The van der Waals surface area contributed by atoms with Crippen LogP contribution in [0.5, 0.6) is 0 Å². The normalized spacial score (nSPS) is 15.7. The molecule has 0 fully saturated rings. The van der Waals surface area contributed by atoms with Gasteiger partial charge < -0.3 is 15.0 Å². The molecule has 0 radical (unpaired) electrons. The molecule has 7 nitrogen and oxygen atoms in total. The van der Waals surface area contributed by atoms with Gasteiger partial charge in [0.1, 0.15) is 17.1 Å². The Morgan fingerprint density at radius 3 is 2.45 bits per heavy atom. The number of ether oxygens (including phenoxy) is 1. The minimum absolute atomic E-state index is 0.0712. The molecule has 1 atom stereocenters. The van der Waals surface area contributed by atoms with Crippen LogP contribution in [0.3, 0.4) is 0 Å².